The molecule has 0 radical (unpaired) electrons. The van der Waals surface area contributed by atoms with E-state index < -0.39 is 0 Å². The van der Waals surface area contributed by atoms with Crippen LogP contribution in [0.25, 0.3) is 0 Å². The molecule has 0 rings (SSSR count). The van der Waals surface area contributed by atoms with Crippen molar-refractivity contribution in [3.63, 3.8) is 0 Å². The highest BCUT2D eigenvalue weighted by molar-refractivity contribution is 4.36. The van der Waals surface area contributed by atoms with Gasteiger partial charge in [0.1, 0.15) is 0 Å². The minimum atomic E-state index is -0.250. The summed E-state index contributed by atoms with van der Waals surface area (Å²) in [6.45, 7) is 0.792. The Morgan fingerprint density at radius 2 is 1.89 bits per heavy atom. The summed E-state index contributed by atoms with van der Waals surface area (Å²) >= 11 is 0. The van der Waals surface area contributed by atoms with E-state index in [-0.39, 0.29) is 11.3 Å². The Balaban J connectivity index is 3.07. The van der Waals surface area contributed by atoms with E-state index in [1.807, 2.05) is 0 Å². The van der Waals surface area contributed by atoms with Crippen LogP contribution in [0.4, 0.5) is 0 Å². The summed E-state index contributed by atoms with van der Waals surface area (Å²) < 4.78 is -0.250. The van der Waals surface area contributed by atoms with Gasteiger partial charge in [0.15, 0.2) is 0 Å². The van der Waals surface area contributed by atoms with Gasteiger partial charge >= 0.3 is 0 Å². The third-order valence-corrected chi connectivity index (χ3v) is 1.10. The summed E-state index contributed by atoms with van der Waals surface area (Å²) in [5, 5.41) is 19.2. The first-order valence-corrected chi connectivity index (χ1v) is 3.21. The van der Waals surface area contributed by atoms with Crippen LogP contribution in [0.1, 0.15) is 12.8 Å². The third-order valence-electron chi connectivity index (χ3n) is 1.10. The monoisotopic (exact) mass is 133 g/mol. The van der Waals surface area contributed by atoms with Crippen LogP contribution in [0, 0.1) is 5.21 Å². The average molecular weight is 133 g/mol. The van der Waals surface area contributed by atoms with Gasteiger partial charge in [-0.15, -0.1) is 0 Å². The lowest BCUT2D eigenvalue weighted by molar-refractivity contribution is -0.840. The van der Waals surface area contributed by atoms with Crippen molar-refractivity contribution in [1.29, 1.82) is 0 Å². The largest absolute Gasteiger partial charge is 0.633 e. The number of rotatable bonds is 4. The van der Waals surface area contributed by atoms with Gasteiger partial charge in [-0.05, 0) is 12.8 Å². The van der Waals surface area contributed by atoms with Crippen molar-refractivity contribution in [3.8, 4) is 0 Å². The van der Waals surface area contributed by atoms with Crippen LogP contribution in [-0.2, 0) is 0 Å². The predicted molar refractivity (Wildman–Crippen MR) is 36.7 cm³/mol. The Morgan fingerprint density at radius 3 is 2.22 bits per heavy atom. The molecule has 0 spiro atoms. The molecule has 0 fully saturated rings. The number of hydroxylamine groups is 3. The highest BCUT2D eigenvalue weighted by Crippen LogP contribution is 1.96. The highest BCUT2D eigenvalue weighted by Gasteiger charge is 1.98. The summed E-state index contributed by atoms with van der Waals surface area (Å²) in [6.07, 6.45) is 1.55. The minimum absolute atomic E-state index is 0.194. The van der Waals surface area contributed by atoms with Crippen LogP contribution < -0.4 is 0 Å². The molecule has 3 heteroatoms. The van der Waals surface area contributed by atoms with Crippen LogP contribution in [0.15, 0.2) is 0 Å². The van der Waals surface area contributed by atoms with Crippen LogP contribution in [0.2, 0.25) is 0 Å². The first-order chi connectivity index (χ1) is 4.06. The second-order valence-electron chi connectivity index (χ2n) is 2.73. The fraction of sp³-hybridized carbons (Fsp3) is 1.00. The van der Waals surface area contributed by atoms with Gasteiger partial charge < -0.3 is 15.0 Å². The van der Waals surface area contributed by atoms with Gasteiger partial charge in [0.25, 0.3) is 0 Å². The van der Waals surface area contributed by atoms with E-state index in [9.17, 15) is 5.21 Å². The fourth-order valence-electron chi connectivity index (χ4n) is 0.604. The van der Waals surface area contributed by atoms with Crippen molar-refractivity contribution in [1.82, 2.24) is 0 Å². The number of nitrogens with zero attached hydrogens (tertiary/aromatic N) is 1. The van der Waals surface area contributed by atoms with E-state index in [1.54, 1.807) is 14.1 Å². The van der Waals surface area contributed by atoms with E-state index in [1.165, 1.54) is 0 Å². The molecule has 0 aromatic heterocycles. The average Bonchev–Trinajstić information content (AvgIpc) is 1.63. The zero-order valence-electron chi connectivity index (χ0n) is 6.13. The number of unbranched alkanes of at least 4 members (excludes halogenated alkanes) is 1. The van der Waals surface area contributed by atoms with E-state index >= 15 is 0 Å². The Labute approximate surface area is 56.1 Å². The molecule has 56 valence electrons. The van der Waals surface area contributed by atoms with Crippen molar-refractivity contribution in [3.05, 3.63) is 5.21 Å². The predicted octanol–water partition coefficient (Wildman–Crippen LogP) is 0.333. The zero-order valence-corrected chi connectivity index (χ0v) is 6.13. The first kappa shape index (κ1) is 8.88. The van der Waals surface area contributed by atoms with Crippen LogP contribution in [0.5, 0.6) is 0 Å². The van der Waals surface area contributed by atoms with Gasteiger partial charge in [0, 0.05) is 6.61 Å². The van der Waals surface area contributed by atoms with Crippen molar-refractivity contribution >= 4 is 0 Å². The standard InChI is InChI=1S/C6H15NO2/c1-7(2,9)5-3-4-6-8/h8H,3-6H2,1-2H3. The van der Waals surface area contributed by atoms with Gasteiger partial charge in [-0.3, -0.25) is 0 Å². The summed E-state index contributed by atoms with van der Waals surface area (Å²) in [5.74, 6) is 0. The molecule has 0 aliphatic rings. The molecule has 0 unspecified atom stereocenters. The molecule has 1 N–H and O–H groups in total. The Bertz CT molecular complexity index is 67.9. The van der Waals surface area contributed by atoms with Gasteiger partial charge in [-0.25, -0.2) is 0 Å². The summed E-state index contributed by atoms with van der Waals surface area (Å²) in [7, 11) is 3.22. The Hall–Kier alpha value is -0.120. The second kappa shape index (κ2) is 3.82. The van der Waals surface area contributed by atoms with Crippen molar-refractivity contribution in [2.75, 3.05) is 27.2 Å². The minimum Gasteiger partial charge on any atom is -0.633 e. The lowest BCUT2D eigenvalue weighted by Gasteiger charge is -2.33. The van der Waals surface area contributed by atoms with Crippen LogP contribution in [-0.4, -0.2) is 37.0 Å². The number of hydrogen-bond donors (Lipinski definition) is 1. The van der Waals surface area contributed by atoms with Gasteiger partial charge in [0.05, 0.1) is 20.6 Å². The molecule has 0 saturated carbocycles. The maximum absolute atomic E-state index is 10.8. The molecule has 0 aromatic carbocycles. The number of hydrogen-bond acceptors (Lipinski definition) is 2. The van der Waals surface area contributed by atoms with E-state index in [0.717, 1.165) is 12.8 Å². The molecule has 0 saturated heterocycles. The fourth-order valence-corrected chi connectivity index (χ4v) is 0.604. The van der Waals surface area contributed by atoms with Crippen LogP contribution >= 0.6 is 0 Å². The molecular formula is C6H15NO2. The van der Waals surface area contributed by atoms with Gasteiger partial charge in [-0.1, -0.05) is 0 Å². The molecular weight excluding hydrogens is 118 g/mol. The number of aliphatic hydroxyl groups excluding tert-OH is 1. The molecule has 0 aliphatic heterocycles. The first-order valence-electron chi connectivity index (χ1n) is 3.21. The quantitative estimate of drug-likeness (QED) is 0.341. The lowest BCUT2D eigenvalue weighted by Crippen LogP contribution is -2.33. The second-order valence-corrected chi connectivity index (χ2v) is 2.73. The Morgan fingerprint density at radius 1 is 1.33 bits per heavy atom. The molecule has 9 heavy (non-hydrogen) atoms. The molecule has 0 aliphatic carbocycles. The molecule has 0 amide bonds. The summed E-state index contributed by atoms with van der Waals surface area (Å²) in [4.78, 5) is 0. The molecule has 0 bridgehead atoms. The van der Waals surface area contributed by atoms with Gasteiger partial charge in [0.2, 0.25) is 0 Å². The zero-order chi connectivity index (χ0) is 7.33. The SMILES string of the molecule is C[N+](C)([O-])CCCCO. The highest BCUT2D eigenvalue weighted by atomic mass is 16.5. The molecule has 0 heterocycles. The molecule has 0 atom stereocenters. The van der Waals surface area contributed by atoms with Crippen molar-refractivity contribution < 1.29 is 9.75 Å². The maximum Gasteiger partial charge on any atom is 0.0780 e. The van der Waals surface area contributed by atoms with Crippen LogP contribution in [0.3, 0.4) is 0 Å². The summed E-state index contributed by atoms with van der Waals surface area (Å²) in [6, 6.07) is 0. The van der Waals surface area contributed by atoms with Crippen molar-refractivity contribution in [2.45, 2.75) is 12.8 Å². The Kier molecular flexibility index (Phi) is 3.77. The normalized spacial score (nSPS) is 12.0. The smallest absolute Gasteiger partial charge is 0.0780 e. The van der Waals surface area contributed by atoms with E-state index in [4.69, 9.17) is 5.11 Å². The van der Waals surface area contributed by atoms with Gasteiger partial charge in [-0.2, -0.15) is 0 Å². The topological polar surface area (TPSA) is 43.3 Å². The molecule has 3 nitrogen and oxygen atoms in total. The van der Waals surface area contributed by atoms with E-state index in [0.29, 0.717) is 6.54 Å². The molecule has 0 aromatic rings. The number of aliphatic hydroxyl groups is 1. The maximum atomic E-state index is 10.8. The third kappa shape index (κ3) is 7.88. The van der Waals surface area contributed by atoms with E-state index in [2.05, 4.69) is 0 Å². The summed E-state index contributed by atoms with van der Waals surface area (Å²) in [5.41, 5.74) is 0. The number of quaternary nitrogens is 1. The lowest BCUT2D eigenvalue weighted by atomic mass is 10.3. The van der Waals surface area contributed by atoms with Crippen molar-refractivity contribution in [2.24, 2.45) is 0 Å².